The Balaban J connectivity index is 2.10. The number of hydrazone groups is 1. The number of hydrogen-bond donors (Lipinski definition) is 2. The van der Waals surface area contributed by atoms with E-state index in [2.05, 4.69) is 22.7 Å². The topological polar surface area (TPSA) is 76.7 Å². The summed E-state index contributed by atoms with van der Waals surface area (Å²) >= 11 is 10.6. The van der Waals surface area contributed by atoms with E-state index in [1.807, 2.05) is 0 Å². The maximum Gasteiger partial charge on any atom is 0.345 e. The number of nitrogens with zero attached hydrogens (tertiary/aromatic N) is 1. The molecule has 0 bridgehead atoms. The molecule has 3 N–H and O–H groups in total. The van der Waals surface area contributed by atoms with Crippen LogP contribution < -0.4 is 15.9 Å². The third kappa shape index (κ3) is 4.54. The molecule has 0 saturated carbocycles. The van der Waals surface area contributed by atoms with Crippen molar-refractivity contribution < 1.29 is 9.53 Å². The minimum absolute atomic E-state index is 0.0672. The van der Waals surface area contributed by atoms with Gasteiger partial charge in [0.2, 0.25) is 0 Å². The summed E-state index contributed by atoms with van der Waals surface area (Å²) in [5.41, 5.74) is 8.72. The second-order valence-electron chi connectivity index (χ2n) is 4.18. The van der Waals surface area contributed by atoms with E-state index < -0.39 is 5.97 Å². The lowest BCUT2D eigenvalue weighted by Crippen LogP contribution is -2.23. The Kier molecular flexibility index (Phi) is 5.46. The molecule has 0 heterocycles. The van der Waals surface area contributed by atoms with Gasteiger partial charge in [-0.3, -0.25) is 5.43 Å². The van der Waals surface area contributed by atoms with Crippen molar-refractivity contribution in [3.05, 3.63) is 64.7 Å². The van der Waals surface area contributed by atoms with Crippen LogP contribution in [-0.2, 0) is 0 Å². The highest BCUT2D eigenvalue weighted by molar-refractivity contribution is 7.80. The highest BCUT2D eigenvalue weighted by Gasteiger charge is 2.12. The minimum Gasteiger partial charge on any atom is -0.423 e. The summed E-state index contributed by atoms with van der Waals surface area (Å²) < 4.78 is 5.29. The van der Waals surface area contributed by atoms with Gasteiger partial charge in [-0.2, -0.15) is 5.10 Å². The maximum atomic E-state index is 12.1. The number of benzene rings is 2. The van der Waals surface area contributed by atoms with Crippen molar-refractivity contribution in [3.63, 3.8) is 0 Å². The van der Waals surface area contributed by atoms with Crippen LogP contribution in [0.1, 0.15) is 15.9 Å². The van der Waals surface area contributed by atoms with Gasteiger partial charge >= 0.3 is 5.97 Å². The van der Waals surface area contributed by atoms with Crippen LogP contribution in [0.2, 0.25) is 5.02 Å². The van der Waals surface area contributed by atoms with Gasteiger partial charge < -0.3 is 10.5 Å². The van der Waals surface area contributed by atoms with Crippen LogP contribution >= 0.6 is 23.8 Å². The van der Waals surface area contributed by atoms with Crippen molar-refractivity contribution in [1.29, 1.82) is 0 Å². The lowest BCUT2D eigenvalue weighted by molar-refractivity contribution is 0.0735. The van der Waals surface area contributed by atoms with Crippen LogP contribution in [0.25, 0.3) is 0 Å². The monoisotopic (exact) mass is 333 g/mol. The van der Waals surface area contributed by atoms with Crippen LogP contribution in [0, 0.1) is 0 Å². The zero-order chi connectivity index (χ0) is 15.9. The molecule has 0 atom stereocenters. The van der Waals surface area contributed by atoms with Crippen molar-refractivity contribution >= 4 is 41.1 Å². The number of rotatable bonds is 4. The average Bonchev–Trinajstić information content (AvgIpc) is 2.47. The van der Waals surface area contributed by atoms with Crippen LogP contribution in [0.15, 0.2) is 53.6 Å². The van der Waals surface area contributed by atoms with Crippen molar-refractivity contribution in [2.24, 2.45) is 10.8 Å². The fourth-order valence-electron chi connectivity index (χ4n) is 1.62. The van der Waals surface area contributed by atoms with E-state index in [1.54, 1.807) is 48.5 Å². The van der Waals surface area contributed by atoms with E-state index in [9.17, 15) is 4.79 Å². The quantitative estimate of drug-likeness (QED) is 0.296. The molecule has 0 aliphatic rings. The van der Waals surface area contributed by atoms with Gasteiger partial charge in [-0.1, -0.05) is 35.9 Å². The van der Waals surface area contributed by atoms with Gasteiger partial charge in [0, 0.05) is 0 Å². The number of nitrogens with two attached hydrogens (primary N) is 1. The van der Waals surface area contributed by atoms with Crippen molar-refractivity contribution in [1.82, 2.24) is 5.43 Å². The first-order valence-electron chi connectivity index (χ1n) is 6.21. The largest absolute Gasteiger partial charge is 0.423 e. The molecular formula is C15H12ClN3O2S. The number of ether oxygens (including phenoxy) is 1. The van der Waals surface area contributed by atoms with E-state index in [0.29, 0.717) is 21.9 Å². The second kappa shape index (κ2) is 7.53. The summed E-state index contributed by atoms with van der Waals surface area (Å²) in [6, 6.07) is 13.5. The van der Waals surface area contributed by atoms with Gasteiger partial charge in [-0.25, -0.2) is 4.79 Å². The Morgan fingerprint density at radius 3 is 2.77 bits per heavy atom. The minimum atomic E-state index is -0.527. The second-order valence-corrected chi connectivity index (χ2v) is 5.02. The van der Waals surface area contributed by atoms with Gasteiger partial charge in [0.15, 0.2) is 5.11 Å². The summed E-state index contributed by atoms with van der Waals surface area (Å²) in [5, 5.41) is 4.24. The molecule has 0 aromatic heterocycles. The molecule has 22 heavy (non-hydrogen) atoms. The van der Waals surface area contributed by atoms with Gasteiger partial charge in [0.1, 0.15) is 5.75 Å². The molecule has 2 aromatic rings. The van der Waals surface area contributed by atoms with E-state index >= 15 is 0 Å². The fourth-order valence-corrected chi connectivity index (χ4v) is 1.88. The number of nitrogens with one attached hydrogen (secondary N) is 1. The molecule has 0 radical (unpaired) electrons. The fraction of sp³-hybridized carbons (Fsp3) is 0. The lowest BCUT2D eigenvalue weighted by atomic mass is 10.2. The van der Waals surface area contributed by atoms with Crippen LogP contribution in [0.5, 0.6) is 5.75 Å². The third-order valence-electron chi connectivity index (χ3n) is 2.55. The molecule has 0 saturated heterocycles. The summed E-state index contributed by atoms with van der Waals surface area (Å²) in [7, 11) is 0. The van der Waals surface area contributed by atoms with Crippen molar-refractivity contribution in [2.75, 3.05) is 0 Å². The van der Waals surface area contributed by atoms with Crippen molar-refractivity contribution in [2.45, 2.75) is 0 Å². The average molecular weight is 334 g/mol. The summed E-state index contributed by atoms with van der Waals surface area (Å²) in [5.74, 6) is -0.148. The SMILES string of the molecule is NC(=S)NN=Cc1cccc(OC(=O)c2ccccc2Cl)c1. The molecular weight excluding hydrogens is 322 g/mol. The molecule has 0 fully saturated rings. The predicted octanol–water partition coefficient (Wildman–Crippen LogP) is 2.73. The summed E-state index contributed by atoms with van der Waals surface area (Å²) in [4.78, 5) is 12.1. The normalized spacial score (nSPS) is 10.4. The van der Waals surface area contributed by atoms with E-state index in [0.717, 1.165) is 0 Å². The molecule has 0 spiro atoms. The number of hydrogen-bond acceptors (Lipinski definition) is 4. The molecule has 112 valence electrons. The number of carbonyl (C=O) groups is 1. The molecule has 2 rings (SSSR count). The molecule has 5 nitrogen and oxygen atoms in total. The predicted molar refractivity (Wildman–Crippen MR) is 90.4 cm³/mol. The molecule has 0 aliphatic carbocycles. The zero-order valence-corrected chi connectivity index (χ0v) is 12.9. The zero-order valence-electron chi connectivity index (χ0n) is 11.3. The van der Waals surface area contributed by atoms with Gasteiger partial charge in [-0.05, 0) is 42.0 Å². The molecule has 0 unspecified atom stereocenters. The van der Waals surface area contributed by atoms with Crippen molar-refractivity contribution in [3.8, 4) is 5.75 Å². The Labute approximate surface area is 137 Å². The lowest BCUT2D eigenvalue weighted by Gasteiger charge is -2.06. The number of halogens is 1. The smallest absolute Gasteiger partial charge is 0.345 e. The molecule has 0 amide bonds. The summed E-state index contributed by atoms with van der Waals surface area (Å²) in [6.07, 6.45) is 1.51. The van der Waals surface area contributed by atoms with Gasteiger partial charge in [-0.15, -0.1) is 0 Å². The first-order chi connectivity index (χ1) is 10.6. The molecule has 7 heteroatoms. The van der Waals surface area contributed by atoms with E-state index in [4.69, 9.17) is 22.1 Å². The number of esters is 1. The summed E-state index contributed by atoms with van der Waals surface area (Å²) in [6.45, 7) is 0. The Morgan fingerprint density at radius 2 is 2.05 bits per heavy atom. The maximum absolute atomic E-state index is 12.1. The Morgan fingerprint density at radius 1 is 1.27 bits per heavy atom. The van der Waals surface area contributed by atoms with Crippen LogP contribution in [0.4, 0.5) is 0 Å². The van der Waals surface area contributed by atoms with E-state index in [-0.39, 0.29) is 5.11 Å². The van der Waals surface area contributed by atoms with Gasteiger partial charge in [0.25, 0.3) is 0 Å². The van der Waals surface area contributed by atoms with Gasteiger partial charge in [0.05, 0.1) is 16.8 Å². The Hall–Kier alpha value is -2.44. The molecule has 0 aliphatic heterocycles. The number of thiocarbonyl (C=S) groups is 1. The van der Waals surface area contributed by atoms with Crippen LogP contribution in [0.3, 0.4) is 0 Å². The standard InChI is InChI=1S/C15H12ClN3O2S/c16-13-7-2-1-6-12(13)14(20)21-11-5-3-4-10(8-11)9-18-19-15(17)22/h1-9H,(H3,17,19,22). The third-order valence-corrected chi connectivity index (χ3v) is 2.97. The first kappa shape index (κ1) is 15.9. The Bertz CT molecular complexity index is 734. The number of carbonyl (C=O) groups excluding carboxylic acids is 1. The van der Waals surface area contributed by atoms with Crippen LogP contribution in [-0.4, -0.2) is 17.3 Å². The van der Waals surface area contributed by atoms with E-state index in [1.165, 1.54) is 6.21 Å². The first-order valence-corrected chi connectivity index (χ1v) is 7.00. The highest BCUT2D eigenvalue weighted by Crippen LogP contribution is 2.19. The highest BCUT2D eigenvalue weighted by atomic mass is 35.5. The molecule has 2 aromatic carbocycles.